The minimum Gasteiger partial charge on any atom is -0.506 e. The molecule has 0 fully saturated rings. The summed E-state index contributed by atoms with van der Waals surface area (Å²) in [6.07, 6.45) is 0. The molecule has 0 saturated carbocycles. The zero-order chi connectivity index (χ0) is 70.2. The number of aromatic carboxylic acids is 2. The lowest BCUT2D eigenvalue weighted by Crippen LogP contribution is -2.16. The van der Waals surface area contributed by atoms with Crippen molar-refractivity contribution in [3.63, 3.8) is 0 Å². The van der Waals surface area contributed by atoms with Crippen molar-refractivity contribution in [2.75, 3.05) is 46.2 Å². The van der Waals surface area contributed by atoms with Gasteiger partial charge in [0.1, 0.15) is 22.0 Å². The van der Waals surface area contributed by atoms with Crippen molar-refractivity contribution < 1.29 is 120 Å². The number of carbonyl (C=O) groups is 2. The van der Waals surface area contributed by atoms with Crippen LogP contribution in [-0.4, -0.2) is 165 Å². The standard InChI is InChI=1S/C47H40ClN13O27S7/c48-45-51-46(49-26-5-1-3-24(17-26)41(58-54-34-20-29(91(72,73)74)7-10-32(34)43(64)65)60-56-36-19-28(9-12-38(36)62)89(68,69)15-13-87-94(81,82)83)53-47(52-45)50-27-6-2-4-25(18-27)42(59-55-35-21-30(92(75,76)77)8-11-33(35)44(66)67)61-57-37-22-31(23-39(40(37)63)93(78,79)80)90(70,71)16-14-88-95(84,85)86/h1-12,17-23,54-55,62-63H,13-16H2,(H,64,65)(H,66,67)(H,72,73,74)(H,75,76,77)(H,78,79,80)(H,81,82,83)(H,84,85,86)(H2,49,50,51,52,53)/b58-41-,59-42-,60-56+,61-57+. The average Bonchev–Trinajstić information content (AvgIpc) is 0.794. The molecular formula is C47H40ClN13O27S7. The maximum absolute atomic E-state index is 13.2. The molecule has 0 unspecified atom stereocenters. The number of azo groups is 2. The van der Waals surface area contributed by atoms with Gasteiger partial charge in [0.05, 0.1) is 66.8 Å². The molecule has 1 aromatic heterocycles. The number of halogens is 1. The van der Waals surface area contributed by atoms with Crippen LogP contribution in [0.2, 0.25) is 5.28 Å². The number of hydrazone groups is 2. The van der Waals surface area contributed by atoms with Gasteiger partial charge in [-0.25, -0.2) is 34.8 Å². The van der Waals surface area contributed by atoms with Gasteiger partial charge in [0.25, 0.3) is 30.4 Å². The monoisotopic (exact) mass is 1480 g/mol. The van der Waals surface area contributed by atoms with Gasteiger partial charge in [0.2, 0.25) is 28.9 Å². The summed E-state index contributed by atoms with van der Waals surface area (Å²) in [6.45, 7) is -2.26. The van der Waals surface area contributed by atoms with E-state index in [0.717, 1.165) is 42.5 Å². The van der Waals surface area contributed by atoms with Crippen molar-refractivity contribution >= 4 is 152 Å². The molecule has 1 heterocycles. The number of nitrogens with zero attached hydrogens (tertiary/aromatic N) is 9. The van der Waals surface area contributed by atoms with E-state index >= 15 is 0 Å². The number of sulfone groups is 2. The minimum atomic E-state index is -5.53. The topological polar surface area (TPSA) is 635 Å². The van der Waals surface area contributed by atoms with Gasteiger partial charge in [0.15, 0.2) is 25.4 Å². The van der Waals surface area contributed by atoms with E-state index in [1.54, 1.807) is 0 Å². The van der Waals surface area contributed by atoms with Gasteiger partial charge in [-0.05, 0) is 103 Å². The maximum Gasteiger partial charge on any atom is 0.397 e. The van der Waals surface area contributed by atoms with Crippen LogP contribution in [0, 0.1) is 0 Å². The first-order chi connectivity index (χ1) is 44.0. The van der Waals surface area contributed by atoms with Crippen LogP contribution in [0.5, 0.6) is 11.5 Å². The zero-order valence-corrected chi connectivity index (χ0v) is 52.9. The quantitative estimate of drug-likeness (QED) is 0.0107. The molecule has 6 aromatic carbocycles. The van der Waals surface area contributed by atoms with Gasteiger partial charge >= 0.3 is 32.7 Å². The Labute approximate surface area is 539 Å². The maximum atomic E-state index is 13.2. The summed E-state index contributed by atoms with van der Waals surface area (Å²) in [5.74, 6) is -9.71. The third-order valence-corrected chi connectivity index (χ3v) is 18.6. The Morgan fingerprint density at radius 2 is 0.905 bits per heavy atom. The lowest BCUT2D eigenvalue weighted by molar-refractivity contribution is 0.0687. The smallest absolute Gasteiger partial charge is 0.397 e. The largest absolute Gasteiger partial charge is 0.506 e. The highest BCUT2D eigenvalue weighted by molar-refractivity contribution is 7.92. The first-order valence-electron chi connectivity index (χ1n) is 24.8. The van der Waals surface area contributed by atoms with Gasteiger partial charge in [-0.2, -0.15) is 67.2 Å². The molecule has 95 heavy (non-hydrogen) atoms. The lowest BCUT2D eigenvalue weighted by atomic mass is 10.2. The molecule has 7 rings (SSSR count). The summed E-state index contributed by atoms with van der Waals surface area (Å²) in [5, 5.41) is 70.0. The van der Waals surface area contributed by atoms with Gasteiger partial charge in [-0.3, -0.25) is 33.6 Å². The second-order valence-corrected chi connectivity index (χ2v) is 29.2. The van der Waals surface area contributed by atoms with Crippen molar-refractivity contribution in [1.29, 1.82) is 0 Å². The highest BCUT2D eigenvalue weighted by Gasteiger charge is 2.27. The molecule has 0 spiro atoms. The molecule has 0 amide bonds. The number of amidine groups is 2. The molecule has 0 aliphatic heterocycles. The number of phenolic OH excluding ortho intramolecular Hbond substituents is 2. The molecule has 0 saturated heterocycles. The van der Waals surface area contributed by atoms with Gasteiger partial charge in [-0.1, -0.05) is 24.3 Å². The number of hydrogen-bond acceptors (Lipinski definition) is 31. The zero-order valence-electron chi connectivity index (χ0n) is 46.4. The predicted octanol–water partition coefficient (Wildman–Crippen LogP) is 4.86. The average molecular weight is 1480 g/mol. The fraction of sp³-hybridized carbons (Fsp3) is 0.0851. The summed E-state index contributed by atoms with van der Waals surface area (Å²) in [6, 6.07) is 18.1. The van der Waals surface area contributed by atoms with Crippen LogP contribution in [0.25, 0.3) is 0 Å². The fourth-order valence-electron chi connectivity index (χ4n) is 7.37. The number of aromatic nitrogens is 3. The van der Waals surface area contributed by atoms with Crippen molar-refractivity contribution in [3.8, 4) is 11.5 Å². The molecule has 0 aliphatic carbocycles. The van der Waals surface area contributed by atoms with Crippen LogP contribution in [0.15, 0.2) is 170 Å². The summed E-state index contributed by atoms with van der Waals surface area (Å²) in [4.78, 5) is 32.0. The van der Waals surface area contributed by atoms with E-state index in [1.165, 1.54) is 48.5 Å². The number of nitrogens with one attached hydrogen (secondary N) is 4. The van der Waals surface area contributed by atoms with Gasteiger partial charge < -0.3 is 31.1 Å². The summed E-state index contributed by atoms with van der Waals surface area (Å²) >= 11 is 6.33. The van der Waals surface area contributed by atoms with Gasteiger partial charge in [-0.15, -0.1) is 20.5 Å². The number of carboxylic acids is 2. The van der Waals surface area contributed by atoms with Crippen molar-refractivity contribution in [1.82, 2.24) is 15.0 Å². The minimum absolute atomic E-state index is 0.0239. The second kappa shape index (κ2) is 28.9. The van der Waals surface area contributed by atoms with Crippen molar-refractivity contribution in [3.05, 3.63) is 143 Å². The molecule has 0 bridgehead atoms. The highest BCUT2D eigenvalue weighted by atomic mass is 35.5. The highest BCUT2D eigenvalue weighted by Crippen LogP contribution is 2.38. The summed E-state index contributed by atoms with van der Waals surface area (Å²) < 4.78 is 225. The number of aromatic hydroxyl groups is 2. The molecule has 7 aromatic rings. The number of carboxylic acid groups (broad SMARTS) is 2. The first-order valence-corrected chi connectivity index (χ1v) is 35.5. The Hall–Kier alpha value is -9.73. The number of rotatable bonds is 27. The van der Waals surface area contributed by atoms with E-state index in [2.05, 4.69) is 75.5 Å². The van der Waals surface area contributed by atoms with E-state index in [-0.39, 0.29) is 40.5 Å². The Kier molecular flexibility index (Phi) is 22.1. The van der Waals surface area contributed by atoms with E-state index in [9.17, 15) is 103 Å². The third kappa shape index (κ3) is 20.4. The molecule has 48 heteroatoms. The van der Waals surface area contributed by atoms with E-state index in [4.69, 9.17) is 20.7 Å². The number of phenols is 2. The summed E-state index contributed by atoms with van der Waals surface area (Å²) in [7, 11) is -35.0. The third-order valence-electron chi connectivity index (χ3n) is 11.6. The number of benzene rings is 6. The molecule has 504 valence electrons. The van der Waals surface area contributed by atoms with Crippen LogP contribution in [-0.2, 0) is 79.2 Å². The Balaban J connectivity index is 1.27. The van der Waals surface area contributed by atoms with E-state index < -0.39 is 194 Å². The summed E-state index contributed by atoms with van der Waals surface area (Å²) in [5.41, 5.74) is 0.198. The Bertz CT molecular complexity index is 5220. The van der Waals surface area contributed by atoms with Crippen LogP contribution < -0.4 is 21.5 Å². The molecule has 0 aliphatic rings. The molecule has 13 N–H and O–H groups in total. The van der Waals surface area contributed by atoms with E-state index in [1.807, 2.05) is 0 Å². The first kappa shape index (κ1) is 72.7. The van der Waals surface area contributed by atoms with Crippen LogP contribution >= 0.6 is 11.6 Å². The molecular weight excluding hydrogens is 1440 g/mol. The predicted molar refractivity (Wildman–Crippen MR) is 325 cm³/mol. The van der Waals surface area contributed by atoms with Crippen molar-refractivity contribution in [2.24, 2.45) is 30.7 Å². The molecule has 40 nitrogen and oxygen atoms in total. The lowest BCUT2D eigenvalue weighted by Gasteiger charge is -2.12. The van der Waals surface area contributed by atoms with Crippen LogP contribution in [0.3, 0.4) is 0 Å². The van der Waals surface area contributed by atoms with Crippen LogP contribution in [0.1, 0.15) is 31.8 Å². The molecule has 0 atom stereocenters. The Morgan fingerprint density at radius 3 is 1.33 bits per heavy atom. The fourth-order valence-corrected chi connectivity index (χ4v) is 12.3. The normalized spacial score (nSPS) is 13.0. The van der Waals surface area contributed by atoms with E-state index in [0.29, 0.717) is 18.2 Å². The molecule has 0 radical (unpaired) electrons. The Morgan fingerprint density at radius 1 is 0.484 bits per heavy atom. The van der Waals surface area contributed by atoms with Gasteiger partial charge in [0, 0.05) is 22.5 Å². The number of anilines is 6. The SMILES string of the molecule is O=C(O)c1ccc(S(=O)(=O)O)cc1N/N=C(\N=N\c1cc(S(=O)(=O)CCOS(=O)(=O)O)ccc1O)c1cccc(Nc2nc(Cl)nc(Nc3cccc(C(=N/Nc4cc(S(=O)(=O)O)ccc4C(=O)O)/N=N/c4cc(S(=O)(=O)CCOS(=O)(=O)O)cc(S(=O)(=O)O)c4O)c3)n2)c1. The van der Waals surface area contributed by atoms with Crippen LogP contribution in [0.4, 0.5) is 46.0 Å². The van der Waals surface area contributed by atoms with Crippen molar-refractivity contribution in [2.45, 2.75) is 24.5 Å². The number of hydrogen-bond donors (Lipinski definition) is 13. The second-order valence-electron chi connectivity index (χ2n) is 18.2.